The van der Waals surface area contributed by atoms with E-state index in [9.17, 15) is 28.8 Å². The molecule has 3 saturated carbocycles. The molecular weight excluding hydrogens is 616 g/mol. The summed E-state index contributed by atoms with van der Waals surface area (Å²) in [5.74, 6) is 2.91. The normalized spacial score (nSPS) is 19.5. The molecule has 4 unspecified atom stereocenters. The van der Waals surface area contributed by atoms with E-state index in [-0.39, 0.29) is 50.5 Å². The zero-order valence-corrected chi connectivity index (χ0v) is 29.8. The van der Waals surface area contributed by atoms with Crippen molar-refractivity contribution in [1.82, 2.24) is 20.4 Å². The van der Waals surface area contributed by atoms with Crippen LogP contribution < -0.4 is 10.6 Å². The van der Waals surface area contributed by atoms with Gasteiger partial charge >= 0.3 is 24.0 Å². The average molecular weight is 673 g/mol. The van der Waals surface area contributed by atoms with Crippen LogP contribution in [0.3, 0.4) is 0 Å². The van der Waals surface area contributed by atoms with Crippen molar-refractivity contribution in [2.45, 2.75) is 80.1 Å². The van der Waals surface area contributed by atoms with E-state index in [2.05, 4.69) is 36.9 Å². The second-order valence-corrected chi connectivity index (χ2v) is 12.5. The quantitative estimate of drug-likeness (QED) is 0.161. The molecule has 0 heterocycles. The first-order valence-corrected chi connectivity index (χ1v) is 16.7. The Labute approximate surface area is 286 Å². The molecule has 3 fully saturated rings. The highest BCUT2D eigenvalue weighted by molar-refractivity contribution is 6.03. The second-order valence-electron chi connectivity index (χ2n) is 12.5. The lowest BCUT2D eigenvalue weighted by atomic mass is 9.82. The number of fused-ring (bicyclic) bond motifs is 5. The number of nitrogens with one attached hydrogen (secondary N) is 2. The van der Waals surface area contributed by atoms with Crippen LogP contribution in [-0.4, -0.2) is 85.0 Å². The maximum Gasteiger partial charge on any atom is 0.333 e. The van der Waals surface area contributed by atoms with Crippen LogP contribution in [0.1, 0.15) is 80.1 Å². The summed E-state index contributed by atoms with van der Waals surface area (Å²) in [6.07, 6.45) is 9.53. The predicted octanol–water partition coefficient (Wildman–Crippen LogP) is 5.31. The third-order valence-electron chi connectivity index (χ3n) is 8.61. The summed E-state index contributed by atoms with van der Waals surface area (Å²) < 4.78 is 9.60. The van der Waals surface area contributed by atoms with Gasteiger partial charge in [-0.2, -0.15) is 0 Å². The van der Waals surface area contributed by atoms with Crippen molar-refractivity contribution in [3.8, 4) is 0 Å². The highest BCUT2D eigenvalue weighted by Gasteiger charge is 2.48. The van der Waals surface area contributed by atoms with Crippen molar-refractivity contribution >= 4 is 35.8 Å². The number of hydrogen-bond donors (Lipinski definition) is 2. The molecule has 3 aliphatic carbocycles. The molecule has 12 nitrogen and oxygen atoms in total. The minimum absolute atomic E-state index is 0.0241. The highest BCUT2D eigenvalue weighted by atomic mass is 16.5. The van der Waals surface area contributed by atoms with Crippen LogP contribution in [0.25, 0.3) is 0 Å². The lowest BCUT2D eigenvalue weighted by Crippen LogP contribution is -2.44. The number of hydrogen-bond acceptors (Lipinski definition) is 8. The molecule has 0 aromatic rings. The molecule has 6 amide bonds. The summed E-state index contributed by atoms with van der Waals surface area (Å²) >= 11 is 0. The van der Waals surface area contributed by atoms with Crippen molar-refractivity contribution in [3.05, 3.63) is 48.6 Å². The van der Waals surface area contributed by atoms with Crippen molar-refractivity contribution in [2.24, 2.45) is 23.7 Å². The van der Waals surface area contributed by atoms with Gasteiger partial charge in [0.05, 0.1) is 13.1 Å². The van der Waals surface area contributed by atoms with Crippen LogP contribution in [0, 0.1) is 23.7 Å². The molecule has 0 saturated heterocycles. The molecule has 2 N–H and O–H groups in total. The van der Waals surface area contributed by atoms with E-state index in [1.807, 2.05) is 0 Å². The lowest BCUT2D eigenvalue weighted by molar-refractivity contribution is -0.139. The molecule has 2 bridgehead atoms. The maximum atomic E-state index is 11.7. The summed E-state index contributed by atoms with van der Waals surface area (Å²) in [5.41, 5.74) is 1.15. The first kappa shape index (κ1) is 41.8. The van der Waals surface area contributed by atoms with Gasteiger partial charge in [-0.05, 0) is 97.3 Å². The van der Waals surface area contributed by atoms with Crippen LogP contribution in [0.5, 0.6) is 0 Å². The Morgan fingerprint density at radius 3 is 1.25 bits per heavy atom. The van der Waals surface area contributed by atoms with E-state index in [1.54, 1.807) is 52.4 Å². The summed E-state index contributed by atoms with van der Waals surface area (Å²) in [7, 11) is 0. The third-order valence-corrected chi connectivity index (χ3v) is 8.61. The van der Waals surface area contributed by atoms with Gasteiger partial charge in [0.25, 0.3) is 11.8 Å². The number of carbonyl (C=O) groups excluding carboxylic acids is 6. The first-order chi connectivity index (χ1) is 22.6. The molecule has 12 heteroatoms. The average Bonchev–Trinajstić information content (AvgIpc) is 3.79. The monoisotopic (exact) mass is 672 g/mol. The second kappa shape index (κ2) is 20.9. The number of esters is 2. The third kappa shape index (κ3) is 13.1. The maximum absolute atomic E-state index is 11.7. The zero-order chi connectivity index (χ0) is 36.6. The van der Waals surface area contributed by atoms with Gasteiger partial charge in [-0.25, -0.2) is 19.2 Å². The smallest absolute Gasteiger partial charge is 0.333 e. The standard InChI is InChI=1S/2C13H20N2O4.C10H16/c2*1-6-15(11(16)9(2)3)13(18)14-7-8-19-12(17)10(4)5;1-2-9-7-4-5-8(6-7)10(9)3-1/h2*2,4,6-8H2,1,3,5H3,(H,14,18);7-10H,1-6H2. The van der Waals surface area contributed by atoms with Crippen molar-refractivity contribution < 1.29 is 38.2 Å². The van der Waals surface area contributed by atoms with Gasteiger partial charge in [0.1, 0.15) is 13.2 Å². The molecule has 4 atom stereocenters. The number of amides is 6. The van der Waals surface area contributed by atoms with Crippen molar-refractivity contribution in [3.63, 3.8) is 0 Å². The van der Waals surface area contributed by atoms with Gasteiger partial charge in [-0.15, -0.1) is 0 Å². The van der Waals surface area contributed by atoms with Crippen LogP contribution in [-0.2, 0) is 28.7 Å². The molecule has 0 aromatic heterocycles. The van der Waals surface area contributed by atoms with Gasteiger partial charge < -0.3 is 20.1 Å². The number of carbonyl (C=O) groups is 6. The lowest BCUT2D eigenvalue weighted by Gasteiger charge is -2.23. The Hall–Kier alpha value is -4.22. The van der Waals surface area contributed by atoms with Crippen LogP contribution in [0.15, 0.2) is 48.6 Å². The number of urea groups is 2. The molecule has 3 rings (SSSR count). The Morgan fingerprint density at radius 2 is 0.958 bits per heavy atom. The van der Waals surface area contributed by atoms with Gasteiger partial charge in [-0.1, -0.05) is 32.7 Å². The Morgan fingerprint density at radius 1 is 0.604 bits per heavy atom. The van der Waals surface area contributed by atoms with Crippen LogP contribution >= 0.6 is 0 Å². The molecular formula is C36H56N4O8. The number of imide groups is 2. The van der Waals surface area contributed by atoms with E-state index in [0.717, 1.165) is 9.80 Å². The van der Waals surface area contributed by atoms with Crippen molar-refractivity contribution in [1.29, 1.82) is 0 Å². The van der Waals surface area contributed by atoms with Gasteiger partial charge in [0.2, 0.25) is 0 Å². The fourth-order valence-corrected chi connectivity index (χ4v) is 6.28. The summed E-state index contributed by atoms with van der Waals surface area (Å²) in [4.78, 5) is 70.8. The van der Waals surface area contributed by atoms with Crippen LogP contribution in [0.4, 0.5) is 9.59 Å². The predicted molar refractivity (Wildman–Crippen MR) is 184 cm³/mol. The molecule has 0 aliphatic heterocycles. The fraction of sp³-hybridized carbons (Fsp3) is 0.611. The van der Waals surface area contributed by atoms with E-state index < -0.39 is 35.8 Å². The molecule has 48 heavy (non-hydrogen) atoms. The summed E-state index contributed by atoms with van der Waals surface area (Å²) in [5, 5.41) is 4.96. The van der Waals surface area contributed by atoms with E-state index in [0.29, 0.717) is 11.1 Å². The van der Waals surface area contributed by atoms with E-state index in [1.165, 1.54) is 51.4 Å². The van der Waals surface area contributed by atoms with Gasteiger partial charge in [-0.3, -0.25) is 19.4 Å². The van der Waals surface area contributed by atoms with Gasteiger partial charge in [0, 0.05) is 35.4 Å². The summed E-state index contributed by atoms with van der Waals surface area (Å²) in [6.45, 7) is 24.1. The Kier molecular flexibility index (Phi) is 18.2. The van der Waals surface area contributed by atoms with Gasteiger partial charge in [0.15, 0.2) is 0 Å². The number of rotatable bonds is 12. The Balaban J connectivity index is 0.000000374. The molecule has 0 radical (unpaired) electrons. The molecule has 0 aromatic carbocycles. The summed E-state index contributed by atoms with van der Waals surface area (Å²) in [6, 6.07) is -1.08. The largest absolute Gasteiger partial charge is 0.460 e. The SMILES string of the molecule is C1CC2C3CCC(C3)C2C1.C=C(C)C(=O)OCCNC(=O)N(CC)C(=O)C(=C)C.C=C(C)C(=O)OCCNC(=O)N(CC)C(=O)C(=C)C. The number of nitrogens with zero attached hydrogens (tertiary/aromatic N) is 2. The number of ether oxygens (including phenoxy) is 2. The van der Waals surface area contributed by atoms with Crippen molar-refractivity contribution in [2.75, 3.05) is 39.4 Å². The minimum Gasteiger partial charge on any atom is -0.460 e. The van der Waals surface area contributed by atoms with E-state index >= 15 is 0 Å². The van der Waals surface area contributed by atoms with Crippen LogP contribution in [0.2, 0.25) is 0 Å². The minimum atomic E-state index is -0.540. The highest BCUT2D eigenvalue weighted by Crippen LogP contribution is 2.58. The first-order valence-electron chi connectivity index (χ1n) is 16.7. The number of likely N-dealkylation sites (N-methyl/N-ethyl adjacent to an activating group) is 2. The van der Waals surface area contributed by atoms with E-state index in [4.69, 9.17) is 9.47 Å². The molecule has 268 valence electrons. The zero-order valence-electron chi connectivity index (χ0n) is 29.8. The topological polar surface area (TPSA) is 151 Å². The molecule has 3 aliphatic rings. The fourth-order valence-electron chi connectivity index (χ4n) is 6.28. The molecule has 0 spiro atoms. The Bertz CT molecular complexity index is 1150.